The van der Waals surface area contributed by atoms with E-state index in [2.05, 4.69) is 12.2 Å². The van der Waals surface area contributed by atoms with Crippen LogP contribution in [0.4, 0.5) is 10.5 Å². The summed E-state index contributed by atoms with van der Waals surface area (Å²) in [7, 11) is 0. The molecule has 1 N–H and O–H groups in total. The maximum Gasteiger partial charge on any atom is 0.411 e. The summed E-state index contributed by atoms with van der Waals surface area (Å²) in [6.45, 7) is 8.26. The number of hydrogen-bond acceptors (Lipinski definition) is 2. The number of anilines is 1. The molecule has 0 aromatic heterocycles. The molecule has 0 aliphatic carbocycles. The monoisotopic (exact) mass is 225 g/mol. The third-order valence-electron chi connectivity index (χ3n) is 1.88. The van der Waals surface area contributed by atoms with E-state index in [0.717, 1.165) is 12.1 Å². The SMILES string of the molecule is CC.CCOC(=O)Nc1ccc(CC)cc1.[HH]. The van der Waals surface area contributed by atoms with Gasteiger partial charge in [0.05, 0.1) is 6.61 Å². The van der Waals surface area contributed by atoms with Gasteiger partial charge in [0.15, 0.2) is 0 Å². The number of carbonyl (C=O) groups excluding carboxylic acids is 1. The molecule has 16 heavy (non-hydrogen) atoms. The molecule has 1 aromatic carbocycles. The summed E-state index contributed by atoms with van der Waals surface area (Å²) in [5.74, 6) is 0. The molecule has 0 fully saturated rings. The lowest BCUT2D eigenvalue weighted by Crippen LogP contribution is -2.13. The van der Waals surface area contributed by atoms with Crippen molar-refractivity contribution in [1.82, 2.24) is 0 Å². The molecule has 0 spiro atoms. The smallest absolute Gasteiger partial charge is 0.411 e. The highest BCUT2D eigenvalue weighted by Crippen LogP contribution is 2.09. The quantitative estimate of drug-likeness (QED) is 0.841. The fourth-order valence-corrected chi connectivity index (χ4v) is 1.11. The Morgan fingerprint density at radius 1 is 1.25 bits per heavy atom. The molecule has 92 valence electrons. The summed E-state index contributed by atoms with van der Waals surface area (Å²) >= 11 is 0. The van der Waals surface area contributed by atoms with E-state index in [1.165, 1.54) is 5.56 Å². The maximum absolute atomic E-state index is 11.0. The molecular formula is C13H23NO2. The van der Waals surface area contributed by atoms with Crippen molar-refractivity contribution >= 4 is 11.8 Å². The van der Waals surface area contributed by atoms with Gasteiger partial charge in [0.2, 0.25) is 0 Å². The predicted molar refractivity (Wildman–Crippen MR) is 69.9 cm³/mol. The van der Waals surface area contributed by atoms with Crippen LogP contribution in [0.5, 0.6) is 0 Å². The first kappa shape index (κ1) is 14.5. The molecule has 3 nitrogen and oxygen atoms in total. The highest BCUT2D eigenvalue weighted by atomic mass is 16.5. The second kappa shape index (κ2) is 8.77. The number of benzene rings is 1. The van der Waals surface area contributed by atoms with Crippen LogP contribution in [-0.2, 0) is 11.2 Å². The van der Waals surface area contributed by atoms with Gasteiger partial charge in [-0.05, 0) is 31.0 Å². The Morgan fingerprint density at radius 3 is 2.25 bits per heavy atom. The van der Waals surface area contributed by atoms with Crippen molar-refractivity contribution in [3.8, 4) is 0 Å². The summed E-state index contributed by atoms with van der Waals surface area (Å²) in [4.78, 5) is 11.0. The molecule has 0 atom stereocenters. The molecule has 3 heteroatoms. The first-order valence-electron chi connectivity index (χ1n) is 5.79. The Balaban J connectivity index is 0. The molecule has 1 aromatic rings. The Hall–Kier alpha value is -1.51. The van der Waals surface area contributed by atoms with Crippen LogP contribution in [-0.4, -0.2) is 12.7 Å². The van der Waals surface area contributed by atoms with Crippen LogP contribution >= 0.6 is 0 Å². The number of ether oxygens (including phenoxy) is 1. The summed E-state index contributed by atoms with van der Waals surface area (Å²) < 4.78 is 4.75. The fourth-order valence-electron chi connectivity index (χ4n) is 1.11. The summed E-state index contributed by atoms with van der Waals surface area (Å²) in [5, 5.41) is 2.63. The zero-order valence-electron chi connectivity index (χ0n) is 10.5. The topological polar surface area (TPSA) is 38.3 Å². The van der Waals surface area contributed by atoms with Gasteiger partial charge in [0.25, 0.3) is 0 Å². The van der Waals surface area contributed by atoms with Gasteiger partial charge >= 0.3 is 6.09 Å². The molecule has 0 unspecified atom stereocenters. The zero-order valence-corrected chi connectivity index (χ0v) is 10.5. The van der Waals surface area contributed by atoms with E-state index in [-0.39, 0.29) is 1.43 Å². The number of hydrogen-bond donors (Lipinski definition) is 1. The van der Waals surface area contributed by atoms with Gasteiger partial charge in [-0.3, -0.25) is 5.32 Å². The van der Waals surface area contributed by atoms with Crippen molar-refractivity contribution in [2.45, 2.75) is 34.1 Å². The Kier molecular flexibility index (Phi) is 7.94. The largest absolute Gasteiger partial charge is 0.450 e. The molecule has 1 amide bonds. The van der Waals surface area contributed by atoms with Crippen LogP contribution in [0.3, 0.4) is 0 Å². The lowest BCUT2D eigenvalue weighted by molar-refractivity contribution is 0.168. The van der Waals surface area contributed by atoms with Gasteiger partial charge in [-0.15, -0.1) is 0 Å². The Morgan fingerprint density at radius 2 is 1.81 bits per heavy atom. The van der Waals surface area contributed by atoms with Crippen LogP contribution in [0.15, 0.2) is 24.3 Å². The van der Waals surface area contributed by atoms with E-state index in [1.807, 2.05) is 38.1 Å². The number of carbonyl (C=O) groups is 1. The number of aryl methyl sites for hydroxylation is 1. The number of amides is 1. The molecule has 0 radical (unpaired) electrons. The van der Waals surface area contributed by atoms with E-state index >= 15 is 0 Å². The van der Waals surface area contributed by atoms with Crippen molar-refractivity contribution in [3.05, 3.63) is 29.8 Å². The minimum absolute atomic E-state index is 0. The third-order valence-corrected chi connectivity index (χ3v) is 1.88. The molecule has 0 aliphatic rings. The van der Waals surface area contributed by atoms with Crippen molar-refractivity contribution in [2.75, 3.05) is 11.9 Å². The Bertz CT molecular complexity index is 299. The predicted octanol–water partition coefficient (Wildman–Crippen LogP) is 4.09. The van der Waals surface area contributed by atoms with Gasteiger partial charge in [-0.2, -0.15) is 0 Å². The molecule has 1 rings (SSSR count). The average Bonchev–Trinajstić information content (AvgIpc) is 2.33. The van der Waals surface area contributed by atoms with Crippen LogP contribution < -0.4 is 5.32 Å². The summed E-state index contributed by atoms with van der Waals surface area (Å²) in [6, 6.07) is 7.72. The van der Waals surface area contributed by atoms with Gasteiger partial charge in [-0.1, -0.05) is 32.9 Å². The molecule has 0 saturated heterocycles. The van der Waals surface area contributed by atoms with Crippen molar-refractivity contribution < 1.29 is 11.0 Å². The third kappa shape index (κ3) is 5.39. The Labute approximate surface area is 99.3 Å². The average molecular weight is 225 g/mol. The first-order valence-corrected chi connectivity index (χ1v) is 5.79. The normalized spacial score (nSPS) is 8.75. The molecule has 0 heterocycles. The summed E-state index contributed by atoms with van der Waals surface area (Å²) in [6.07, 6.45) is 0.594. The number of rotatable bonds is 3. The van der Waals surface area contributed by atoms with Crippen molar-refractivity contribution in [2.24, 2.45) is 0 Å². The molecule has 0 saturated carbocycles. The van der Waals surface area contributed by atoms with Crippen molar-refractivity contribution in [3.63, 3.8) is 0 Å². The minimum atomic E-state index is -0.406. The van der Waals surface area contributed by atoms with E-state index in [1.54, 1.807) is 6.92 Å². The first-order chi connectivity index (χ1) is 7.76. The maximum atomic E-state index is 11.0. The van der Waals surface area contributed by atoms with Crippen LogP contribution in [0.25, 0.3) is 0 Å². The van der Waals surface area contributed by atoms with Crippen LogP contribution in [0, 0.1) is 0 Å². The number of nitrogens with one attached hydrogen (secondary N) is 1. The highest BCUT2D eigenvalue weighted by Gasteiger charge is 2.00. The van der Waals surface area contributed by atoms with Crippen molar-refractivity contribution in [1.29, 1.82) is 0 Å². The lowest BCUT2D eigenvalue weighted by Gasteiger charge is -2.05. The highest BCUT2D eigenvalue weighted by molar-refractivity contribution is 5.84. The standard InChI is InChI=1S/C11H15NO2.C2H6.H2/c1-3-9-5-7-10(8-6-9)12-11(13)14-4-2;1-2;/h5-8H,3-4H2,1-2H3,(H,12,13);1-2H3;1H. The molecular weight excluding hydrogens is 202 g/mol. The van der Waals surface area contributed by atoms with Gasteiger partial charge in [0.1, 0.15) is 0 Å². The lowest BCUT2D eigenvalue weighted by atomic mass is 10.1. The second-order valence-corrected chi connectivity index (χ2v) is 2.90. The molecule has 0 bridgehead atoms. The minimum Gasteiger partial charge on any atom is -0.450 e. The van der Waals surface area contributed by atoms with E-state index in [9.17, 15) is 4.79 Å². The second-order valence-electron chi connectivity index (χ2n) is 2.90. The summed E-state index contributed by atoms with van der Waals surface area (Å²) in [5.41, 5.74) is 2.01. The van der Waals surface area contributed by atoms with E-state index in [0.29, 0.717) is 6.61 Å². The van der Waals surface area contributed by atoms with Crippen LogP contribution in [0.1, 0.15) is 34.7 Å². The van der Waals surface area contributed by atoms with E-state index in [4.69, 9.17) is 4.74 Å². The van der Waals surface area contributed by atoms with Gasteiger partial charge < -0.3 is 4.74 Å². The molecule has 0 aliphatic heterocycles. The van der Waals surface area contributed by atoms with Crippen LogP contribution in [0.2, 0.25) is 0 Å². The van der Waals surface area contributed by atoms with Gasteiger partial charge in [-0.25, -0.2) is 4.79 Å². The van der Waals surface area contributed by atoms with Gasteiger partial charge in [0, 0.05) is 7.11 Å². The zero-order chi connectivity index (χ0) is 12.4. The fraction of sp³-hybridized carbons (Fsp3) is 0.462. The van der Waals surface area contributed by atoms with E-state index < -0.39 is 6.09 Å².